The first-order valence-electron chi connectivity index (χ1n) is 7.47. The second kappa shape index (κ2) is 7.58. The van der Waals surface area contributed by atoms with Gasteiger partial charge in [-0.1, -0.05) is 35.4 Å². The smallest absolute Gasteiger partial charge is 0.248 e. The van der Waals surface area contributed by atoms with Crippen molar-refractivity contribution in [1.82, 2.24) is 14.8 Å². The molecule has 25 heavy (non-hydrogen) atoms. The Balaban J connectivity index is 1.61. The number of rotatable bonds is 4. The van der Waals surface area contributed by atoms with E-state index in [-0.39, 0.29) is 5.82 Å². The van der Waals surface area contributed by atoms with Crippen LogP contribution in [0.2, 0.25) is 5.02 Å². The van der Waals surface area contributed by atoms with Crippen molar-refractivity contribution < 1.29 is 4.39 Å². The van der Waals surface area contributed by atoms with E-state index >= 15 is 0 Å². The van der Waals surface area contributed by atoms with Crippen LogP contribution in [-0.2, 0) is 6.54 Å². The zero-order chi connectivity index (χ0) is 17.8. The number of benzene rings is 2. The summed E-state index contributed by atoms with van der Waals surface area (Å²) in [4.78, 5) is 4.15. The molecule has 0 bridgehead atoms. The third-order valence-corrected chi connectivity index (χ3v) is 3.97. The number of thiocarbonyl (C=S) groups is 1. The highest BCUT2D eigenvalue weighted by Crippen LogP contribution is 2.18. The van der Waals surface area contributed by atoms with Crippen molar-refractivity contribution in [3.63, 3.8) is 0 Å². The maximum absolute atomic E-state index is 13.1. The van der Waals surface area contributed by atoms with E-state index in [0.29, 0.717) is 22.6 Å². The van der Waals surface area contributed by atoms with Crippen LogP contribution in [0.5, 0.6) is 0 Å². The van der Waals surface area contributed by atoms with Crippen LogP contribution in [0, 0.1) is 12.7 Å². The fraction of sp³-hybridized carbons (Fsp3) is 0.118. The molecule has 0 radical (unpaired) electrons. The number of nitrogens with zero attached hydrogens (tertiary/aromatic N) is 3. The highest BCUT2D eigenvalue weighted by molar-refractivity contribution is 7.80. The maximum atomic E-state index is 13.1. The normalized spacial score (nSPS) is 10.5. The van der Waals surface area contributed by atoms with Crippen molar-refractivity contribution in [1.29, 1.82) is 0 Å². The SMILES string of the molecule is Cc1ccc(NC(=S)Nc2ncn(Cc3ccc(F)cc3Cl)n2)cc1. The monoisotopic (exact) mass is 375 g/mol. The van der Waals surface area contributed by atoms with Gasteiger partial charge in [0.1, 0.15) is 12.1 Å². The van der Waals surface area contributed by atoms with E-state index in [1.165, 1.54) is 17.7 Å². The molecule has 8 heteroatoms. The molecule has 1 aromatic heterocycles. The minimum atomic E-state index is -0.373. The molecular weight excluding hydrogens is 361 g/mol. The second-order valence-electron chi connectivity index (χ2n) is 5.45. The number of anilines is 2. The summed E-state index contributed by atoms with van der Waals surface area (Å²) in [5, 5.41) is 11.0. The molecule has 3 rings (SSSR count). The number of nitrogens with one attached hydrogen (secondary N) is 2. The quantitative estimate of drug-likeness (QED) is 0.668. The van der Waals surface area contributed by atoms with E-state index in [1.807, 2.05) is 31.2 Å². The summed E-state index contributed by atoms with van der Waals surface area (Å²) < 4.78 is 14.7. The van der Waals surface area contributed by atoms with Gasteiger partial charge < -0.3 is 5.32 Å². The minimum Gasteiger partial charge on any atom is -0.332 e. The highest BCUT2D eigenvalue weighted by Gasteiger charge is 2.07. The van der Waals surface area contributed by atoms with Gasteiger partial charge in [-0.15, -0.1) is 5.10 Å². The summed E-state index contributed by atoms with van der Waals surface area (Å²) in [6.07, 6.45) is 1.55. The van der Waals surface area contributed by atoms with Gasteiger partial charge in [-0.25, -0.2) is 14.1 Å². The van der Waals surface area contributed by atoms with Gasteiger partial charge in [0, 0.05) is 10.7 Å². The molecule has 0 spiro atoms. The van der Waals surface area contributed by atoms with E-state index < -0.39 is 0 Å². The summed E-state index contributed by atoms with van der Waals surface area (Å²) >= 11 is 11.3. The molecule has 0 aliphatic heterocycles. The molecule has 3 aromatic rings. The van der Waals surface area contributed by atoms with Crippen LogP contribution < -0.4 is 10.6 Å². The van der Waals surface area contributed by atoms with Crippen molar-refractivity contribution >= 4 is 40.6 Å². The van der Waals surface area contributed by atoms with Crippen molar-refractivity contribution in [2.75, 3.05) is 10.6 Å². The van der Waals surface area contributed by atoms with Gasteiger partial charge in [0.2, 0.25) is 5.95 Å². The molecular formula is C17H15ClFN5S. The fourth-order valence-corrected chi connectivity index (χ4v) is 2.59. The van der Waals surface area contributed by atoms with Gasteiger partial charge in [0.05, 0.1) is 6.54 Å². The van der Waals surface area contributed by atoms with Gasteiger partial charge >= 0.3 is 0 Å². The Labute approximate surface area is 154 Å². The van der Waals surface area contributed by atoms with Gasteiger partial charge in [-0.2, -0.15) is 0 Å². The molecule has 2 N–H and O–H groups in total. The van der Waals surface area contributed by atoms with Crippen molar-refractivity contribution in [2.45, 2.75) is 13.5 Å². The lowest BCUT2D eigenvalue weighted by Gasteiger charge is -2.08. The third kappa shape index (κ3) is 4.74. The fourth-order valence-electron chi connectivity index (χ4n) is 2.15. The average Bonchev–Trinajstić information content (AvgIpc) is 2.99. The van der Waals surface area contributed by atoms with Crippen LogP contribution in [0.15, 0.2) is 48.8 Å². The standard InChI is InChI=1S/C17H15ClFN5S/c1-11-2-6-14(7-3-11)21-17(25)22-16-20-10-24(23-16)9-12-4-5-13(19)8-15(12)18/h2-8,10H,9H2,1H3,(H2,21,22,23,25). The summed E-state index contributed by atoms with van der Waals surface area (Å²) in [6.45, 7) is 2.40. The van der Waals surface area contributed by atoms with Crippen molar-refractivity contribution in [3.8, 4) is 0 Å². The first kappa shape index (κ1) is 17.3. The zero-order valence-corrected chi connectivity index (χ0v) is 14.9. The third-order valence-electron chi connectivity index (χ3n) is 3.42. The highest BCUT2D eigenvalue weighted by atomic mass is 35.5. The van der Waals surface area contributed by atoms with E-state index in [9.17, 15) is 4.39 Å². The molecule has 128 valence electrons. The van der Waals surface area contributed by atoms with Gasteiger partial charge in [0.25, 0.3) is 0 Å². The predicted molar refractivity (Wildman–Crippen MR) is 102 cm³/mol. The lowest BCUT2D eigenvalue weighted by Crippen LogP contribution is -2.20. The maximum Gasteiger partial charge on any atom is 0.248 e. The van der Waals surface area contributed by atoms with E-state index in [1.54, 1.807) is 17.1 Å². The lowest BCUT2D eigenvalue weighted by atomic mass is 10.2. The molecule has 2 aromatic carbocycles. The molecule has 0 amide bonds. The predicted octanol–water partition coefficient (Wildman–Crippen LogP) is 4.24. The van der Waals surface area contributed by atoms with Crippen LogP contribution >= 0.6 is 23.8 Å². The summed E-state index contributed by atoms with van der Waals surface area (Å²) in [6, 6.07) is 12.1. The Kier molecular flexibility index (Phi) is 5.25. The molecule has 0 fully saturated rings. The number of hydrogen-bond donors (Lipinski definition) is 2. The van der Waals surface area contributed by atoms with Crippen molar-refractivity contribution in [3.05, 3.63) is 70.8 Å². The van der Waals surface area contributed by atoms with Crippen LogP contribution in [0.1, 0.15) is 11.1 Å². The molecule has 0 aliphatic carbocycles. The van der Waals surface area contributed by atoms with Gasteiger partial charge in [0.15, 0.2) is 5.11 Å². The molecule has 0 aliphatic rings. The Morgan fingerprint density at radius 3 is 2.68 bits per heavy atom. The molecule has 5 nitrogen and oxygen atoms in total. The minimum absolute atomic E-state index is 0.349. The van der Waals surface area contributed by atoms with E-state index in [4.69, 9.17) is 23.8 Å². The first-order chi connectivity index (χ1) is 12.0. The van der Waals surface area contributed by atoms with E-state index in [2.05, 4.69) is 20.7 Å². The van der Waals surface area contributed by atoms with Crippen molar-refractivity contribution in [2.24, 2.45) is 0 Å². The van der Waals surface area contributed by atoms with Gasteiger partial charge in [-0.05, 0) is 49.0 Å². The molecule has 0 saturated carbocycles. The van der Waals surface area contributed by atoms with Gasteiger partial charge in [-0.3, -0.25) is 5.32 Å². The van der Waals surface area contributed by atoms with Crippen LogP contribution in [0.25, 0.3) is 0 Å². The van der Waals surface area contributed by atoms with Crippen LogP contribution in [-0.4, -0.2) is 19.9 Å². The Hall–Kier alpha value is -2.51. The number of hydrogen-bond acceptors (Lipinski definition) is 3. The topological polar surface area (TPSA) is 54.8 Å². The van der Waals surface area contributed by atoms with E-state index in [0.717, 1.165) is 11.3 Å². The molecule has 0 saturated heterocycles. The number of halogens is 2. The summed E-state index contributed by atoms with van der Waals surface area (Å²) in [5.41, 5.74) is 2.80. The Morgan fingerprint density at radius 2 is 1.96 bits per heavy atom. The summed E-state index contributed by atoms with van der Waals surface area (Å²) in [5.74, 6) is -0.00919. The van der Waals surface area contributed by atoms with Crippen LogP contribution in [0.4, 0.5) is 16.0 Å². The molecule has 0 atom stereocenters. The number of aromatic nitrogens is 3. The number of aryl methyl sites for hydroxylation is 1. The van der Waals surface area contributed by atoms with Crippen LogP contribution in [0.3, 0.4) is 0 Å². The molecule has 1 heterocycles. The largest absolute Gasteiger partial charge is 0.332 e. The lowest BCUT2D eigenvalue weighted by molar-refractivity contribution is 0.624. The Bertz CT molecular complexity index is 894. The second-order valence-corrected chi connectivity index (χ2v) is 6.26. The average molecular weight is 376 g/mol. The summed E-state index contributed by atoms with van der Waals surface area (Å²) in [7, 11) is 0. The first-order valence-corrected chi connectivity index (χ1v) is 8.26. The molecule has 0 unspecified atom stereocenters. The Morgan fingerprint density at radius 1 is 1.20 bits per heavy atom. The zero-order valence-electron chi connectivity index (χ0n) is 13.3.